The summed E-state index contributed by atoms with van der Waals surface area (Å²) in [5.41, 5.74) is 1.41. The van der Waals surface area contributed by atoms with E-state index in [-0.39, 0.29) is 18.4 Å². The number of nitrogens with one attached hydrogen (secondary N) is 2. The SMILES string of the molecule is CC(C)(C)c1nc2cc(NC(=O)CCNC(=O)OCC(F)(F)F)ccc2o1. The predicted molar refractivity (Wildman–Crippen MR) is 91.4 cm³/mol. The number of carbonyl (C=O) groups excluding carboxylic acids is 2. The summed E-state index contributed by atoms with van der Waals surface area (Å²) >= 11 is 0. The molecule has 0 aliphatic carbocycles. The van der Waals surface area contributed by atoms with Gasteiger partial charge in [0.25, 0.3) is 0 Å². The second-order valence-corrected chi connectivity index (χ2v) is 6.87. The van der Waals surface area contributed by atoms with Crippen molar-refractivity contribution in [3.63, 3.8) is 0 Å². The predicted octanol–water partition coefficient (Wildman–Crippen LogP) is 3.74. The van der Waals surface area contributed by atoms with Crippen LogP contribution in [-0.2, 0) is 14.9 Å². The maximum absolute atomic E-state index is 11.9. The van der Waals surface area contributed by atoms with Gasteiger partial charge in [0.1, 0.15) is 5.52 Å². The van der Waals surface area contributed by atoms with Gasteiger partial charge in [-0.05, 0) is 18.2 Å². The molecule has 1 aromatic heterocycles. The number of hydrogen-bond donors (Lipinski definition) is 2. The summed E-state index contributed by atoms with van der Waals surface area (Å²) < 4.78 is 45.3. The Bertz CT molecular complexity index is 825. The Morgan fingerprint density at radius 1 is 1.22 bits per heavy atom. The minimum absolute atomic E-state index is 0.134. The topological polar surface area (TPSA) is 93.5 Å². The van der Waals surface area contributed by atoms with Crippen LogP contribution in [0.4, 0.5) is 23.7 Å². The zero-order chi connectivity index (χ0) is 20.2. The number of benzene rings is 1. The van der Waals surface area contributed by atoms with Crippen LogP contribution in [0.15, 0.2) is 22.6 Å². The molecular formula is C17H20F3N3O4. The summed E-state index contributed by atoms with van der Waals surface area (Å²) in [7, 11) is 0. The Morgan fingerprint density at radius 2 is 1.93 bits per heavy atom. The van der Waals surface area contributed by atoms with Crippen LogP contribution in [0, 0.1) is 0 Å². The molecule has 7 nitrogen and oxygen atoms in total. The van der Waals surface area contributed by atoms with E-state index in [0.717, 1.165) is 0 Å². The number of rotatable bonds is 5. The molecule has 0 atom stereocenters. The molecule has 27 heavy (non-hydrogen) atoms. The van der Waals surface area contributed by atoms with E-state index >= 15 is 0 Å². The highest BCUT2D eigenvalue weighted by Crippen LogP contribution is 2.27. The normalized spacial score (nSPS) is 12.1. The van der Waals surface area contributed by atoms with Gasteiger partial charge in [-0.15, -0.1) is 0 Å². The number of hydrogen-bond acceptors (Lipinski definition) is 5. The average molecular weight is 387 g/mol. The molecule has 2 amide bonds. The molecule has 0 radical (unpaired) electrons. The van der Waals surface area contributed by atoms with Crippen molar-refractivity contribution in [3.8, 4) is 0 Å². The monoisotopic (exact) mass is 387 g/mol. The third-order valence-electron chi connectivity index (χ3n) is 3.30. The highest BCUT2D eigenvalue weighted by molar-refractivity contribution is 5.93. The molecule has 0 bridgehead atoms. The lowest BCUT2D eigenvalue weighted by molar-refractivity contribution is -0.160. The van der Waals surface area contributed by atoms with Crippen molar-refractivity contribution in [1.29, 1.82) is 0 Å². The zero-order valence-electron chi connectivity index (χ0n) is 15.1. The maximum atomic E-state index is 11.9. The Morgan fingerprint density at radius 3 is 2.56 bits per heavy atom. The van der Waals surface area contributed by atoms with Gasteiger partial charge in [-0.2, -0.15) is 13.2 Å². The van der Waals surface area contributed by atoms with Crippen LogP contribution in [0.25, 0.3) is 11.1 Å². The van der Waals surface area contributed by atoms with Crippen LogP contribution < -0.4 is 10.6 Å². The molecule has 0 unspecified atom stereocenters. The molecule has 2 rings (SSSR count). The van der Waals surface area contributed by atoms with Gasteiger partial charge in [0.2, 0.25) is 11.8 Å². The number of alkyl halides is 3. The fourth-order valence-electron chi connectivity index (χ4n) is 2.03. The highest BCUT2D eigenvalue weighted by Gasteiger charge is 2.29. The first-order valence-corrected chi connectivity index (χ1v) is 8.12. The summed E-state index contributed by atoms with van der Waals surface area (Å²) in [5.74, 6) is 0.146. The van der Waals surface area contributed by atoms with E-state index in [1.165, 1.54) is 0 Å². The molecule has 0 fully saturated rings. The lowest BCUT2D eigenvalue weighted by atomic mass is 9.97. The van der Waals surface area contributed by atoms with E-state index < -0.39 is 24.8 Å². The van der Waals surface area contributed by atoms with E-state index in [1.807, 2.05) is 20.8 Å². The summed E-state index contributed by atoms with van der Waals surface area (Å²) in [4.78, 5) is 27.4. The number of alkyl carbamates (subject to hydrolysis) is 1. The van der Waals surface area contributed by atoms with Gasteiger partial charge in [-0.25, -0.2) is 9.78 Å². The zero-order valence-corrected chi connectivity index (χ0v) is 15.1. The third-order valence-corrected chi connectivity index (χ3v) is 3.30. The van der Waals surface area contributed by atoms with Crippen LogP contribution in [0.1, 0.15) is 33.1 Å². The molecule has 1 aromatic carbocycles. The minimum atomic E-state index is -4.60. The molecule has 1 heterocycles. The van der Waals surface area contributed by atoms with Crippen LogP contribution in [0.5, 0.6) is 0 Å². The Labute approximate surface area is 153 Å². The second kappa shape index (κ2) is 7.85. The van der Waals surface area contributed by atoms with Gasteiger partial charge in [0, 0.05) is 24.1 Å². The number of halogens is 3. The lowest BCUT2D eigenvalue weighted by Crippen LogP contribution is -2.31. The minimum Gasteiger partial charge on any atom is -0.440 e. The van der Waals surface area contributed by atoms with Gasteiger partial charge in [0.15, 0.2) is 12.2 Å². The molecule has 0 aliphatic heterocycles. The number of aromatic nitrogens is 1. The van der Waals surface area contributed by atoms with Crippen molar-refractivity contribution in [2.24, 2.45) is 0 Å². The number of anilines is 1. The summed E-state index contributed by atoms with van der Waals surface area (Å²) in [6.07, 6.45) is -5.97. The first-order chi connectivity index (χ1) is 12.4. The Kier molecular flexibility index (Phi) is 5.97. The van der Waals surface area contributed by atoms with Crippen LogP contribution in [0.3, 0.4) is 0 Å². The van der Waals surface area contributed by atoms with Gasteiger partial charge in [-0.1, -0.05) is 20.8 Å². The Hall–Kier alpha value is -2.78. The van der Waals surface area contributed by atoms with Crippen LogP contribution >= 0.6 is 0 Å². The van der Waals surface area contributed by atoms with E-state index in [9.17, 15) is 22.8 Å². The standard InChI is InChI=1S/C17H20F3N3O4/c1-16(2,3)14-23-11-8-10(4-5-12(11)27-14)22-13(24)6-7-21-15(25)26-9-17(18,19)20/h4-5,8H,6-7,9H2,1-3H3,(H,21,25)(H,22,24). The highest BCUT2D eigenvalue weighted by atomic mass is 19.4. The lowest BCUT2D eigenvalue weighted by Gasteiger charge is -2.11. The molecule has 10 heteroatoms. The summed E-state index contributed by atoms with van der Waals surface area (Å²) in [6, 6.07) is 4.97. The van der Waals surface area contributed by atoms with Crippen molar-refractivity contribution in [3.05, 3.63) is 24.1 Å². The third kappa shape index (κ3) is 6.46. The van der Waals surface area contributed by atoms with Crippen molar-refractivity contribution < 1.29 is 31.9 Å². The molecule has 0 spiro atoms. The largest absolute Gasteiger partial charge is 0.440 e. The number of nitrogens with zero attached hydrogens (tertiary/aromatic N) is 1. The van der Waals surface area contributed by atoms with Crippen molar-refractivity contribution >= 4 is 28.8 Å². The number of fused-ring (bicyclic) bond motifs is 1. The fraction of sp³-hybridized carbons (Fsp3) is 0.471. The molecule has 0 saturated heterocycles. The smallest absolute Gasteiger partial charge is 0.422 e. The van der Waals surface area contributed by atoms with Gasteiger partial charge >= 0.3 is 12.3 Å². The summed E-state index contributed by atoms with van der Waals surface area (Å²) in [6.45, 7) is 4.05. The molecule has 2 aromatic rings. The average Bonchev–Trinajstić information content (AvgIpc) is 2.96. The maximum Gasteiger partial charge on any atom is 0.422 e. The number of ether oxygens (including phenoxy) is 1. The van der Waals surface area contributed by atoms with Crippen molar-refractivity contribution in [2.45, 2.75) is 38.8 Å². The summed E-state index contributed by atoms with van der Waals surface area (Å²) in [5, 5.41) is 4.69. The second-order valence-electron chi connectivity index (χ2n) is 6.87. The molecular weight excluding hydrogens is 367 g/mol. The Balaban J connectivity index is 1.84. The van der Waals surface area contributed by atoms with Gasteiger partial charge in [-0.3, -0.25) is 4.79 Å². The quantitative estimate of drug-likeness (QED) is 0.815. The van der Waals surface area contributed by atoms with E-state index in [2.05, 4.69) is 20.4 Å². The van der Waals surface area contributed by atoms with Crippen LogP contribution in [-0.4, -0.2) is 36.3 Å². The van der Waals surface area contributed by atoms with Gasteiger partial charge < -0.3 is 19.8 Å². The molecule has 0 aliphatic rings. The van der Waals surface area contributed by atoms with Crippen molar-refractivity contribution in [1.82, 2.24) is 10.3 Å². The number of oxazole rings is 1. The van der Waals surface area contributed by atoms with Crippen molar-refractivity contribution in [2.75, 3.05) is 18.5 Å². The number of amides is 2. The van der Waals surface area contributed by atoms with Crippen LogP contribution in [0.2, 0.25) is 0 Å². The number of carbonyl (C=O) groups is 2. The van der Waals surface area contributed by atoms with Gasteiger partial charge in [0.05, 0.1) is 0 Å². The van der Waals surface area contributed by atoms with E-state index in [1.54, 1.807) is 18.2 Å². The fourth-order valence-corrected chi connectivity index (χ4v) is 2.03. The molecule has 148 valence electrons. The first kappa shape index (κ1) is 20.5. The first-order valence-electron chi connectivity index (χ1n) is 8.12. The van der Waals surface area contributed by atoms with E-state index in [4.69, 9.17) is 4.42 Å². The van der Waals surface area contributed by atoms with E-state index in [0.29, 0.717) is 22.7 Å². The molecule has 2 N–H and O–H groups in total. The molecule has 0 saturated carbocycles.